The zero-order valence-corrected chi connectivity index (χ0v) is 15.8. The number of likely N-dealkylation sites (tertiary alicyclic amines) is 1. The molecule has 3 rings (SSSR count). The van der Waals surface area contributed by atoms with Crippen LogP contribution in [-0.4, -0.2) is 52.6 Å². The van der Waals surface area contributed by atoms with Crippen molar-refractivity contribution < 1.29 is 9.53 Å². The van der Waals surface area contributed by atoms with Gasteiger partial charge in [0.05, 0.1) is 6.54 Å². The summed E-state index contributed by atoms with van der Waals surface area (Å²) in [5, 5.41) is 12.0. The van der Waals surface area contributed by atoms with Crippen molar-refractivity contribution in [2.75, 3.05) is 25.4 Å². The minimum atomic E-state index is -0.00378. The normalized spacial score (nSPS) is 16.8. The van der Waals surface area contributed by atoms with Crippen molar-refractivity contribution in [3.63, 3.8) is 0 Å². The monoisotopic (exact) mass is 378 g/mol. The van der Waals surface area contributed by atoms with Gasteiger partial charge in [0, 0.05) is 25.3 Å². The molecular formula is C17H22N4O2S2. The highest BCUT2D eigenvalue weighted by Crippen LogP contribution is 2.22. The molecule has 134 valence electrons. The number of para-hydroxylation sites is 1. The quantitative estimate of drug-likeness (QED) is 0.592. The Morgan fingerprint density at radius 2 is 2.24 bits per heavy atom. The number of amides is 2. The average molecular weight is 379 g/mol. The second kappa shape index (κ2) is 9.05. The lowest BCUT2D eigenvalue weighted by Crippen LogP contribution is -2.39. The van der Waals surface area contributed by atoms with Crippen molar-refractivity contribution >= 4 is 29.1 Å². The smallest absolute Gasteiger partial charge is 0.317 e. The molecule has 0 bridgehead atoms. The van der Waals surface area contributed by atoms with Crippen LogP contribution in [0.1, 0.15) is 17.8 Å². The fraction of sp³-hybridized carbons (Fsp3) is 0.471. The maximum absolute atomic E-state index is 12.2. The maximum atomic E-state index is 12.2. The lowest BCUT2D eigenvalue weighted by atomic mass is 10.3. The minimum Gasteiger partial charge on any atom is -0.489 e. The number of carbonyl (C=O) groups is 1. The van der Waals surface area contributed by atoms with Crippen molar-refractivity contribution in [2.24, 2.45) is 0 Å². The molecule has 0 spiro atoms. The van der Waals surface area contributed by atoms with E-state index in [2.05, 4.69) is 15.5 Å². The summed E-state index contributed by atoms with van der Waals surface area (Å²) in [6.07, 6.45) is 1.85. The molecule has 8 heteroatoms. The first-order valence-corrected chi connectivity index (χ1v) is 10.2. The van der Waals surface area contributed by atoms with E-state index in [0.29, 0.717) is 13.1 Å². The van der Waals surface area contributed by atoms with Crippen LogP contribution in [0.4, 0.5) is 4.79 Å². The summed E-state index contributed by atoms with van der Waals surface area (Å²) < 4.78 is 6.90. The van der Waals surface area contributed by atoms with Gasteiger partial charge in [-0.15, -0.1) is 10.2 Å². The second-order valence-electron chi connectivity index (χ2n) is 5.81. The summed E-state index contributed by atoms with van der Waals surface area (Å²) in [5.41, 5.74) is 0. The Morgan fingerprint density at radius 1 is 1.40 bits per heavy atom. The first-order chi connectivity index (χ1) is 12.2. The lowest BCUT2D eigenvalue weighted by Gasteiger charge is -2.18. The molecule has 25 heavy (non-hydrogen) atoms. The average Bonchev–Trinajstić information content (AvgIpc) is 3.24. The standard InChI is InChI=1S/C17H22N4O2S2/c1-13-19-20-17(25-13)24-11-5-9-18-16(22)21-10-8-15(12-21)23-14-6-3-2-4-7-14/h2-4,6-7,15H,5,8-12H2,1H3,(H,18,22)/t15-/m0/s1. The van der Waals surface area contributed by atoms with Gasteiger partial charge in [0.2, 0.25) is 0 Å². The molecule has 1 aliphatic heterocycles. The van der Waals surface area contributed by atoms with Gasteiger partial charge in [0.1, 0.15) is 16.9 Å². The Labute approximate surface area is 156 Å². The van der Waals surface area contributed by atoms with Crippen molar-refractivity contribution in [3.05, 3.63) is 35.3 Å². The predicted octanol–water partition coefficient (Wildman–Crippen LogP) is 3.19. The molecule has 1 aromatic heterocycles. The van der Waals surface area contributed by atoms with Crippen molar-refractivity contribution in [2.45, 2.75) is 30.2 Å². The largest absolute Gasteiger partial charge is 0.489 e. The van der Waals surface area contributed by atoms with E-state index >= 15 is 0 Å². The summed E-state index contributed by atoms with van der Waals surface area (Å²) in [6.45, 7) is 4.00. The molecule has 1 saturated heterocycles. The minimum absolute atomic E-state index is 0.00378. The summed E-state index contributed by atoms with van der Waals surface area (Å²) in [4.78, 5) is 14.0. The molecule has 0 radical (unpaired) electrons. The van der Waals surface area contributed by atoms with E-state index in [9.17, 15) is 4.79 Å². The molecule has 2 amide bonds. The van der Waals surface area contributed by atoms with Gasteiger partial charge < -0.3 is 15.0 Å². The fourth-order valence-electron chi connectivity index (χ4n) is 2.58. The third-order valence-electron chi connectivity index (χ3n) is 3.81. The van der Waals surface area contributed by atoms with Crippen LogP contribution >= 0.6 is 23.1 Å². The number of urea groups is 1. The number of hydrogen-bond donors (Lipinski definition) is 1. The lowest BCUT2D eigenvalue weighted by molar-refractivity contribution is 0.187. The number of aromatic nitrogens is 2. The van der Waals surface area contributed by atoms with Gasteiger partial charge in [-0.1, -0.05) is 41.3 Å². The number of thioether (sulfide) groups is 1. The highest BCUT2D eigenvalue weighted by molar-refractivity contribution is 8.01. The highest BCUT2D eigenvalue weighted by Gasteiger charge is 2.27. The zero-order chi connectivity index (χ0) is 17.5. The van der Waals surface area contributed by atoms with Gasteiger partial charge in [-0.25, -0.2) is 4.79 Å². The molecule has 1 fully saturated rings. The van der Waals surface area contributed by atoms with Crippen LogP contribution in [0.15, 0.2) is 34.7 Å². The van der Waals surface area contributed by atoms with E-state index in [4.69, 9.17) is 4.74 Å². The van der Waals surface area contributed by atoms with Crippen LogP contribution in [0, 0.1) is 6.92 Å². The second-order valence-corrected chi connectivity index (χ2v) is 8.33. The molecule has 0 aliphatic carbocycles. The van der Waals surface area contributed by atoms with E-state index in [1.807, 2.05) is 42.2 Å². The molecule has 6 nitrogen and oxygen atoms in total. The first kappa shape index (κ1) is 18.0. The molecule has 1 aromatic carbocycles. The molecule has 1 aliphatic rings. The zero-order valence-electron chi connectivity index (χ0n) is 14.2. The van der Waals surface area contributed by atoms with Crippen LogP contribution in [0.25, 0.3) is 0 Å². The van der Waals surface area contributed by atoms with Gasteiger partial charge in [-0.05, 0) is 25.5 Å². The van der Waals surface area contributed by atoms with E-state index in [1.165, 1.54) is 0 Å². The van der Waals surface area contributed by atoms with Gasteiger partial charge in [-0.3, -0.25) is 0 Å². The van der Waals surface area contributed by atoms with Gasteiger partial charge >= 0.3 is 6.03 Å². The number of aryl methyl sites for hydroxylation is 1. The maximum Gasteiger partial charge on any atom is 0.317 e. The van der Waals surface area contributed by atoms with Crippen molar-refractivity contribution in [1.82, 2.24) is 20.4 Å². The summed E-state index contributed by atoms with van der Waals surface area (Å²) >= 11 is 3.29. The Morgan fingerprint density at radius 3 is 3.00 bits per heavy atom. The van der Waals surface area contributed by atoms with Crippen molar-refractivity contribution in [1.29, 1.82) is 0 Å². The SMILES string of the molecule is Cc1nnc(SCCCNC(=O)N2CC[C@H](Oc3ccccc3)C2)s1. The Balaban J connectivity index is 1.31. The number of nitrogens with one attached hydrogen (secondary N) is 1. The number of carbonyl (C=O) groups excluding carboxylic acids is 1. The fourth-order valence-corrected chi connectivity index (χ4v) is 4.40. The number of nitrogens with zero attached hydrogens (tertiary/aromatic N) is 3. The Hall–Kier alpha value is -1.80. The number of hydrogen-bond acceptors (Lipinski definition) is 6. The molecule has 2 heterocycles. The molecular weight excluding hydrogens is 356 g/mol. The third-order valence-corrected chi connectivity index (χ3v) is 5.87. The van der Waals surface area contributed by atoms with Gasteiger partial charge in [0.25, 0.3) is 0 Å². The molecule has 0 saturated carbocycles. The number of ether oxygens (including phenoxy) is 1. The van der Waals surface area contributed by atoms with Crippen LogP contribution in [0.5, 0.6) is 5.75 Å². The van der Waals surface area contributed by atoms with Crippen LogP contribution in [0.3, 0.4) is 0 Å². The molecule has 0 unspecified atom stereocenters. The number of rotatable bonds is 7. The first-order valence-electron chi connectivity index (χ1n) is 8.38. The van der Waals surface area contributed by atoms with E-state index < -0.39 is 0 Å². The topological polar surface area (TPSA) is 67.4 Å². The highest BCUT2D eigenvalue weighted by atomic mass is 32.2. The summed E-state index contributed by atoms with van der Waals surface area (Å²) in [6, 6.07) is 9.76. The molecule has 2 aromatic rings. The Kier molecular flexibility index (Phi) is 6.52. The third kappa shape index (κ3) is 5.61. The van der Waals surface area contributed by atoms with Crippen LogP contribution in [0.2, 0.25) is 0 Å². The molecule has 1 atom stereocenters. The summed E-state index contributed by atoms with van der Waals surface area (Å²) in [7, 11) is 0. The van der Waals surface area contributed by atoms with E-state index in [0.717, 1.165) is 40.2 Å². The van der Waals surface area contributed by atoms with Crippen LogP contribution < -0.4 is 10.1 Å². The summed E-state index contributed by atoms with van der Waals surface area (Å²) in [5.74, 6) is 1.79. The van der Waals surface area contributed by atoms with Gasteiger partial charge in [-0.2, -0.15) is 0 Å². The number of benzene rings is 1. The van der Waals surface area contributed by atoms with Gasteiger partial charge in [0.15, 0.2) is 4.34 Å². The molecule has 1 N–H and O–H groups in total. The van der Waals surface area contributed by atoms with E-state index in [1.54, 1.807) is 23.1 Å². The van der Waals surface area contributed by atoms with Crippen molar-refractivity contribution in [3.8, 4) is 5.75 Å². The van der Waals surface area contributed by atoms with Crippen LogP contribution in [-0.2, 0) is 0 Å². The predicted molar refractivity (Wildman–Crippen MR) is 100 cm³/mol. The van der Waals surface area contributed by atoms with E-state index in [-0.39, 0.29) is 12.1 Å². The Bertz CT molecular complexity index is 680.